The summed E-state index contributed by atoms with van der Waals surface area (Å²) in [4.78, 5) is 30.5. The van der Waals surface area contributed by atoms with Crippen molar-refractivity contribution in [1.29, 1.82) is 0 Å². The molecule has 4 aromatic rings. The summed E-state index contributed by atoms with van der Waals surface area (Å²) in [6.07, 6.45) is -0.0801. The molecule has 0 unspecified atom stereocenters. The number of carbonyl (C=O) groups is 2. The van der Waals surface area contributed by atoms with Crippen molar-refractivity contribution in [2.75, 3.05) is 12.4 Å². The molecule has 0 aromatic carbocycles. The van der Waals surface area contributed by atoms with Crippen molar-refractivity contribution in [2.45, 2.75) is 31.9 Å². The largest absolute Gasteiger partial charge is 0.465 e. The lowest BCUT2D eigenvalue weighted by molar-refractivity contribution is -0.142. The Morgan fingerprint density at radius 1 is 1.24 bits per heavy atom. The second-order valence-electron chi connectivity index (χ2n) is 7.66. The van der Waals surface area contributed by atoms with Gasteiger partial charge in [-0.25, -0.2) is 14.3 Å². The van der Waals surface area contributed by atoms with E-state index < -0.39 is 23.7 Å². The van der Waals surface area contributed by atoms with E-state index in [1.54, 1.807) is 0 Å². The molecule has 4 heterocycles. The maximum absolute atomic E-state index is 13.7. The zero-order valence-corrected chi connectivity index (χ0v) is 18.5. The van der Waals surface area contributed by atoms with Gasteiger partial charge in [0.2, 0.25) is 0 Å². The molecule has 8 nitrogen and oxygen atoms in total. The van der Waals surface area contributed by atoms with E-state index in [0.29, 0.717) is 15.9 Å². The summed E-state index contributed by atoms with van der Waals surface area (Å²) >= 11 is 1.27. The lowest BCUT2D eigenvalue weighted by Crippen LogP contribution is -2.17. The minimum absolute atomic E-state index is 0.0457. The Bertz CT molecular complexity index is 1410. The highest BCUT2D eigenvalue weighted by Gasteiger charge is 2.36. The number of nitrogens with one attached hydrogen (secondary N) is 1. The first-order valence-corrected chi connectivity index (χ1v) is 11.1. The molecule has 1 aliphatic carbocycles. The molecule has 0 fully saturated rings. The first kappa shape index (κ1) is 22.1. The minimum Gasteiger partial charge on any atom is -0.465 e. The van der Waals surface area contributed by atoms with Gasteiger partial charge in [-0.1, -0.05) is 0 Å². The molecule has 0 saturated heterocycles. The van der Waals surface area contributed by atoms with Crippen LogP contribution in [-0.2, 0) is 23.8 Å². The van der Waals surface area contributed by atoms with Gasteiger partial charge in [0, 0.05) is 10.9 Å². The van der Waals surface area contributed by atoms with Crippen molar-refractivity contribution < 1.29 is 31.9 Å². The number of carbonyl (C=O) groups excluding carboxylic acids is 2. The Kier molecular flexibility index (Phi) is 5.39. The first-order valence-electron chi connectivity index (χ1n) is 10.3. The number of aromatic nitrogens is 3. The molecule has 4 aromatic heterocycles. The van der Waals surface area contributed by atoms with Gasteiger partial charge in [-0.05, 0) is 49.4 Å². The fourth-order valence-corrected chi connectivity index (χ4v) is 5.25. The summed E-state index contributed by atoms with van der Waals surface area (Å²) < 4.78 is 51.9. The van der Waals surface area contributed by atoms with E-state index in [0.717, 1.165) is 41.8 Å². The van der Waals surface area contributed by atoms with Gasteiger partial charge in [-0.3, -0.25) is 4.79 Å². The molecular formula is C22H17F3N4O4S. The number of hydrogen-bond acceptors (Lipinski definition) is 7. The number of alkyl halides is 3. The maximum atomic E-state index is 13.7. The minimum atomic E-state index is -4.76. The smallest absolute Gasteiger partial charge is 0.433 e. The van der Waals surface area contributed by atoms with E-state index in [4.69, 9.17) is 9.15 Å². The van der Waals surface area contributed by atoms with Crippen molar-refractivity contribution in [3.05, 3.63) is 57.9 Å². The van der Waals surface area contributed by atoms with Gasteiger partial charge >= 0.3 is 12.1 Å². The van der Waals surface area contributed by atoms with Gasteiger partial charge in [0.15, 0.2) is 22.8 Å². The van der Waals surface area contributed by atoms with Gasteiger partial charge in [-0.15, -0.1) is 11.3 Å². The van der Waals surface area contributed by atoms with Crippen molar-refractivity contribution in [3.63, 3.8) is 0 Å². The fraction of sp³-hybridized carbons (Fsp3) is 0.273. The van der Waals surface area contributed by atoms with Crippen LogP contribution in [0.4, 0.5) is 18.2 Å². The molecular weight excluding hydrogens is 473 g/mol. The van der Waals surface area contributed by atoms with Crippen LogP contribution in [0.3, 0.4) is 0 Å². The van der Waals surface area contributed by atoms with Gasteiger partial charge in [0.05, 0.1) is 18.9 Å². The Balaban J connectivity index is 1.55. The molecule has 12 heteroatoms. The Hall–Kier alpha value is -3.67. The van der Waals surface area contributed by atoms with Crippen LogP contribution < -0.4 is 5.32 Å². The first-order chi connectivity index (χ1) is 16.3. The van der Waals surface area contributed by atoms with Crippen molar-refractivity contribution >= 4 is 33.9 Å². The third kappa shape index (κ3) is 3.83. The zero-order chi connectivity index (χ0) is 24.0. The molecule has 0 atom stereocenters. The molecule has 0 bridgehead atoms. The number of ether oxygens (including phenoxy) is 1. The highest BCUT2D eigenvalue weighted by molar-refractivity contribution is 7.17. The van der Waals surface area contributed by atoms with E-state index in [-0.39, 0.29) is 28.4 Å². The van der Waals surface area contributed by atoms with Gasteiger partial charge < -0.3 is 14.5 Å². The monoisotopic (exact) mass is 490 g/mol. The number of halogens is 3. The predicted octanol–water partition coefficient (Wildman–Crippen LogP) is 4.99. The van der Waals surface area contributed by atoms with Gasteiger partial charge in [0.25, 0.3) is 5.91 Å². The number of anilines is 1. The number of aryl methyl sites for hydroxylation is 1. The molecule has 0 spiro atoms. The lowest BCUT2D eigenvalue weighted by Gasteiger charge is -2.11. The molecule has 1 N–H and O–H groups in total. The van der Waals surface area contributed by atoms with E-state index in [9.17, 15) is 22.8 Å². The quantitative estimate of drug-likeness (QED) is 0.405. The number of esters is 1. The van der Waals surface area contributed by atoms with Crippen LogP contribution in [0.15, 0.2) is 34.9 Å². The molecule has 0 aliphatic heterocycles. The average Bonchev–Trinajstić information content (AvgIpc) is 3.54. The zero-order valence-electron chi connectivity index (χ0n) is 17.7. The van der Waals surface area contributed by atoms with Crippen LogP contribution in [-0.4, -0.2) is 33.6 Å². The van der Waals surface area contributed by atoms with E-state index in [1.807, 2.05) is 0 Å². The maximum Gasteiger partial charge on any atom is 0.433 e. The lowest BCUT2D eigenvalue weighted by atomic mass is 9.95. The second kappa shape index (κ2) is 8.28. The van der Waals surface area contributed by atoms with E-state index >= 15 is 0 Å². The van der Waals surface area contributed by atoms with Crippen molar-refractivity contribution in [1.82, 2.24) is 14.6 Å². The number of hydrogen-bond donors (Lipinski definition) is 1. The van der Waals surface area contributed by atoms with Crippen LogP contribution in [0.2, 0.25) is 0 Å². The predicted molar refractivity (Wildman–Crippen MR) is 116 cm³/mol. The second-order valence-corrected chi connectivity index (χ2v) is 8.77. The number of thiophene rings is 1. The SMILES string of the molecule is COC(=O)c1c(NC(=O)c2cc3nc(-c4ccco4)cc(C(F)(F)F)n3n2)sc2c1CCCC2. The number of amides is 1. The fourth-order valence-electron chi connectivity index (χ4n) is 3.98. The molecule has 0 radical (unpaired) electrons. The van der Waals surface area contributed by atoms with Crippen LogP contribution in [0.25, 0.3) is 17.1 Å². The molecule has 34 heavy (non-hydrogen) atoms. The van der Waals surface area contributed by atoms with Gasteiger partial charge in [0.1, 0.15) is 10.7 Å². The van der Waals surface area contributed by atoms with Crippen molar-refractivity contribution in [3.8, 4) is 11.5 Å². The van der Waals surface area contributed by atoms with E-state index in [1.165, 1.54) is 36.8 Å². The number of rotatable bonds is 4. The molecule has 176 valence electrons. The Morgan fingerprint density at radius 3 is 2.74 bits per heavy atom. The third-order valence-electron chi connectivity index (χ3n) is 5.51. The molecule has 1 amide bonds. The normalized spacial score (nSPS) is 13.6. The van der Waals surface area contributed by atoms with Crippen LogP contribution in [0, 0.1) is 0 Å². The number of furan rings is 1. The number of methoxy groups -OCH3 is 1. The average molecular weight is 490 g/mol. The summed E-state index contributed by atoms with van der Waals surface area (Å²) in [5.41, 5.74) is -0.478. The van der Waals surface area contributed by atoms with Gasteiger partial charge in [-0.2, -0.15) is 18.3 Å². The number of fused-ring (bicyclic) bond motifs is 2. The third-order valence-corrected chi connectivity index (χ3v) is 6.72. The van der Waals surface area contributed by atoms with Crippen LogP contribution in [0.1, 0.15) is 49.8 Å². The molecule has 1 aliphatic rings. The summed E-state index contributed by atoms with van der Waals surface area (Å²) in [5, 5.41) is 6.78. The summed E-state index contributed by atoms with van der Waals surface area (Å²) in [5.74, 6) is -1.19. The highest BCUT2D eigenvalue weighted by Crippen LogP contribution is 2.39. The van der Waals surface area contributed by atoms with Crippen LogP contribution in [0.5, 0.6) is 0 Å². The summed E-state index contributed by atoms with van der Waals surface area (Å²) in [7, 11) is 1.25. The topological polar surface area (TPSA) is 98.7 Å². The Labute approximate surface area is 194 Å². The Morgan fingerprint density at radius 2 is 2.03 bits per heavy atom. The number of nitrogens with zero attached hydrogens (tertiary/aromatic N) is 3. The standard InChI is InChI=1S/C22H17F3N4O4S/c1-32-21(31)18-11-5-2-3-7-15(11)34-20(18)27-19(30)13-10-17-26-12(14-6-4-8-33-14)9-16(22(23,24)25)29(17)28-13/h4,6,8-10H,2-3,5,7H2,1H3,(H,27,30). The molecule has 5 rings (SSSR count). The summed E-state index contributed by atoms with van der Waals surface area (Å²) in [6, 6.07) is 4.98. The summed E-state index contributed by atoms with van der Waals surface area (Å²) in [6.45, 7) is 0. The molecule has 0 saturated carbocycles. The van der Waals surface area contributed by atoms with Crippen molar-refractivity contribution in [2.24, 2.45) is 0 Å². The van der Waals surface area contributed by atoms with E-state index in [2.05, 4.69) is 15.4 Å². The van der Waals surface area contributed by atoms with Crippen LogP contribution >= 0.6 is 11.3 Å². The highest BCUT2D eigenvalue weighted by atomic mass is 32.1.